The van der Waals surface area contributed by atoms with Crippen molar-refractivity contribution in [3.05, 3.63) is 36.9 Å². The number of ether oxygens (including phenoxy) is 1. The van der Waals surface area contributed by atoms with Gasteiger partial charge in [0.1, 0.15) is 11.8 Å². The van der Waals surface area contributed by atoms with Crippen molar-refractivity contribution in [3.63, 3.8) is 0 Å². The van der Waals surface area contributed by atoms with E-state index in [9.17, 15) is 9.59 Å². The van der Waals surface area contributed by atoms with Crippen LogP contribution in [-0.2, 0) is 9.59 Å². The molecule has 0 aromatic heterocycles. The number of hydrogen-bond donors (Lipinski definition) is 1. The highest BCUT2D eigenvalue weighted by molar-refractivity contribution is 6.06. The summed E-state index contributed by atoms with van der Waals surface area (Å²) >= 11 is 0. The summed E-state index contributed by atoms with van der Waals surface area (Å²) in [6.45, 7) is 3.80. The van der Waals surface area contributed by atoms with E-state index in [0.29, 0.717) is 0 Å². The molecule has 1 aliphatic rings. The van der Waals surface area contributed by atoms with Crippen molar-refractivity contribution in [1.29, 1.82) is 0 Å². The lowest BCUT2D eigenvalue weighted by atomic mass is 10.2. The van der Waals surface area contributed by atoms with Crippen LogP contribution in [0.5, 0.6) is 5.75 Å². The zero-order valence-electron chi connectivity index (χ0n) is 10.8. The van der Waals surface area contributed by atoms with E-state index in [1.807, 2.05) is 12.1 Å². The third-order valence-corrected chi connectivity index (χ3v) is 2.99. The molecule has 19 heavy (non-hydrogen) atoms. The Balaban J connectivity index is 2.05. The van der Waals surface area contributed by atoms with Gasteiger partial charge in [0.25, 0.3) is 5.91 Å². The summed E-state index contributed by atoms with van der Waals surface area (Å²) in [6.07, 6.45) is 1.73. The predicted molar refractivity (Wildman–Crippen MR) is 71.9 cm³/mol. The summed E-state index contributed by atoms with van der Waals surface area (Å²) < 4.78 is 5.06. The Hall–Kier alpha value is -2.30. The van der Waals surface area contributed by atoms with Gasteiger partial charge < -0.3 is 10.1 Å². The van der Waals surface area contributed by atoms with Crippen LogP contribution >= 0.6 is 0 Å². The third-order valence-electron chi connectivity index (χ3n) is 2.99. The Morgan fingerprint density at radius 1 is 1.42 bits per heavy atom. The van der Waals surface area contributed by atoms with E-state index in [1.165, 1.54) is 4.90 Å². The first kappa shape index (κ1) is 13.1. The zero-order chi connectivity index (χ0) is 13.8. The number of carbonyl (C=O) groups is 2. The highest BCUT2D eigenvalue weighted by Crippen LogP contribution is 2.20. The van der Waals surface area contributed by atoms with Gasteiger partial charge in [-0.1, -0.05) is 6.08 Å². The molecule has 0 aliphatic carbocycles. The maximum atomic E-state index is 12.0. The summed E-state index contributed by atoms with van der Waals surface area (Å²) in [5, 5.41) is 3.06. The maximum absolute atomic E-state index is 12.0. The topological polar surface area (TPSA) is 58.6 Å². The SMILES string of the molecule is C=CCN1C(=O)CC(Nc2ccc(OC)cc2)C1=O. The lowest BCUT2D eigenvalue weighted by molar-refractivity contribution is -0.137. The number of methoxy groups -OCH3 is 1. The number of amides is 2. The van der Waals surface area contributed by atoms with Crippen LogP contribution < -0.4 is 10.1 Å². The molecule has 1 aromatic rings. The van der Waals surface area contributed by atoms with Gasteiger partial charge in [-0.25, -0.2) is 0 Å². The Morgan fingerprint density at radius 3 is 2.68 bits per heavy atom. The molecule has 2 rings (SSSR count). The van der Waals surface area contributed by atoms with Gasteiger partial charge in [-0.05, 0) is 24.3 Å². The summed E-state index contributed by atoms with van der Waals surface area (Å²) in [4.78, 5) is 24.9. The van der Waals surface area contributed by atoms with Crippen molar-refractivity contribution < 1.29 is 14.3 Å². The van der Waals surface area contributed by atoms with Crippen molar-refractivity contribution in [3.8, 4) is 5.75 Å². The first-order valence-corrected chi connectivity index (χ1v) is 6.01. The number of benzene rings is 1. The molecule has 1 aliphatic heterocycles. The maximum Gasteiger partial charge on any atom is 0.252 e. The first-order valence-electron chi connectivity index (χ1n) is 6.01. The van der Waals surface area contributed by atoms with Crippen LogP contribution in [0, 0.1) is 0 Å². The molecular weight excluding hydrogens is 244 g/mol. The van der Waals surface area contributed by atoms with E-state index < -0.39 is 6.04 Å². The van der Waals surface area contributed by atoms with Crippen LogP contribution in [0.4, 0.5) is 5.69 Å². The van der Waals surface area contributed by atoms with Gasteiger partial charge in [-0.15, -0.1) is 6.58 Å². The van der Waals surface area contributed by atoms with Gasteiger partial charge >= 0.3 is 0 Å². The van der Waals surface area contributed by atoms with Gasteiger partial charge in [0.15, 0.2) is 0 Å². The zero-order valence-corrected chi connectivity index (χ0v) is 10.8. The van der Waals surface area contributed by atoms with Gasteiger partial charge in [-0.2, -0.15) is 0 Å². The van der Waals surface area contributed by atoms with Crippen LogP contribution in [0.1, 0.15) is 6.42 Å². The van der Waals surface area contributed by atoms with E-state index >= 15 is 0 Å². The van der Waals surface area contributed by atoms with Crippen LogP contribution in [0.2, 0.25) is 0 Å². The molecule has 5 nitrogen and oxygen atoms in total. The molecule has 1 N–H and O–H groups in total. The van der Waals surface area contributed by atoms with Crippen molar-refractivity contribution in [2.45, 2.75) is 12.5 Å². The largest absolute Gasteiger partial charge is 0.497 e. The number of nitrogens with zero attached hydrogens (tertiary/aromatic N) is 1. The average Bonchev–Trinajstić information content (AvgIpc) is 2.68. The van der Waals surface area contributed by atoms with E-state index in [0.717, 1.165) is 11.4 Å². The van der Waals surface area contributed by atoms with E-state index in [4.69, 9.17) is 4.74 Å². The number of rotatable bonds is 5. The van der Waals surface area contributed by atoms with Crippen molar-refractivity contribution in [2.24, 2.45) is 0 Å². The smallest absolute Gasteiger partial charge is 0.252 e. The van der Waals surface area contributed by atoms with Crippen molar-refractivity contribution in [1.82, 2.24) is 4.90 Å². The molecule has 1 heterocycles. The van der Waals surface area contributed by atoms with Crippen LogP contribution in [-0.4, -0.2) is 36.4 Å². The molecule has 1 saturated heterocycles. The molecular formula is C14H16N2O3. The minimum absolute atomic E-state index is 0.170. The molecule has 5 heteroatoms. The van der Waals surface area contributed by atoms with E-state index in [-0.39, 0.29) is 24.8 Å². The minimum atomic E-state index is -0.499. The van der Waals surface area contributed by atoms with Gasteiger partial charge in [0.05, 0.1) is 13.5 Å². The molecule has 0 saturated carbocycles. The molecule has 1 fully saturated rings. The van der Waals surface area contributed by atoms with Crippen LogP contribution in [0.3, 0.4) is 0 Å². The Morgan fingerprint density at radius 2 is 2.11 bits per heavy atom. The van der Waals surface area contributed by atoms with E-state index in [2.05, 4.69) is 11.9 Å². The highest BCUT2D eigenvalue weighted by atomic mass is 16.5. The second kappa shape index (κ2) is 5.56. The molecule has 2 amide bonds. The second-order valence-corrected chi connectivity index (χ2v) is 4.26. The number of carbonyl (C=O) groups excluding carboxylic acids is 2. The average molecular weight is 260 g/mol. The molecule has 0 radical (unpaired) electrons. The highest BCUT2D eigenvalue weighted by Gasteiger charge is 2.37. The fourth-order valence-electron chi connectivity index (χ4n) is 2.01. The molecule has 1 unspecified atom stereocenters. The van der Waals surface area contributed by atoms with E-state index in [1.54, 1.807) is 25.3 Å². The van der Waals surface area contributed by atoms with Crippen molar-refractivity contribution >= 4 is 17.5 Å². The van der Waals surface area contributed by atoms with Crippen LogP contribution in [0.15, 0.2) is 36.9 Å². The standard InChI is InChI=1S/C14H16N2O3/c1-3-8-16-13(17)9-12(14(16)18)15-10-4-6-11(19-2)7-5-10/h3-7,12,15H,1,8-9H2,2H3. The summed E-state index contributed by atoms with van der Waals surface area (Å²) in [5.41, 5.74) is 0.785. The van der Waals surface area contributed by atoms with Gasteiger partial charge in [0.2, 0.25) is 5.91 Å². The lowest BCUT2D eigenvalue weighted by Crippen LogP contribution is -2.34. The summed E-state index contributed by atoms with van der Waals surface area (Å²) in [7, 11) is 1.59. The normalized spacial score (nSPS) is 18.6. The molecule has 1 atom stereocenters. The number of nitrogens with one attached hydrogen (secondary N) is 1. The number of anilines is 1. The van der Waals surface area contributed by atoms with Crippen LogP contribution in [0.25, 0.3) is 0 Å². The number of imide groups is 1. The Kier molecular flexibility index (Phi) is 3.85. The van der Waals surface area contributed by atoms with Crippen molar-refractivity contribution in [2.75, 3.05) is 19.0 Å². The third kappa shape index (κ3) is 2.76. The molecule has 0 spiro atoms. The quantitative estimate of drug-likeness (QED) is 0.642. The monoisotopic (exact) mass is 260 g/mol. The predicted octanol–water partition coefficient (Wildman–Crippen LogP) is 1.42. The first-order chi connectivity index (χ1) is 9.15. The molecule has 100 valence electrons. The number of hydrogen-bond acceptors (Lipinski definition) is 4. The molecule has 0 bridgehead atoms. The number of likely N-dealkylation sites (tertiary alicyclic amines) is 1. The second-order valence-electron chi connectivity index (χ2n) is 4.26. The minimum Gasteiger partial charge on any atom is -0.497 e. The fourth-order valence-corrected chi connectivity index (χ4v) is 2.01. The lowest BCUT2D eigenvalue weighted by Gasteiger charge is -2.14. The fraction of sp³-hybridized carbons (Fsp3) is 0.286. The summed E-state index contributed by atoms with van der Waals surface area (Å²) in [5.74, 6) is 0.365. The Labute approximate surface area is 111 Å². The van der Waals surface area contributed by atoms with Gasteiger partial charge in [0, 0.05) is 12.2 Å². The molecule has 1 aromatic carbocycles. The Bertz CT molecular complexity index is 496. The summed E-state index contributed by atoms with van der Waals surface area (Å²) in [6, 6.07) is 6.72. The van der Waals surface area contributed by atoms with Gasteiger partial charge in [-0.3, -0.25) is 14.5 Å².